The van der Waals surface area contributed by atoms with Crippen molar-refractivity contribution in [2.75, 3.05) is 0 Å². The largest absolute Gasteiger partial charge is 0.303 e. The van der Waals surface area contributed by atoms with Crippen molar-refractivity contribution in [1.82, 2.24) is 9.55 Å². The highest BCUT2D eigenvalue weighted by Gasteiger charge is 1.98. The molecule has 9 heavy (non-hydrogen) atoms. The van der Waals surface area contributed by atoms with Crippen molar-refractivity contribution < 1.29 is 4.39 Å². The minimum atomic E-state index is -1.15. The number of imidazole rings is 1. The quantitative estimate of drug-likeness (QED) is 0.549. The molecule has 0 bridgehead atoms. The van der Waals surface area contributed by atoms with E-state index in [1.807, 2.05) is 0 Å². The molecule has 0 aliphatic rings. The Morgan fingerprint density at radius 2 is 2.56 bits per heavy atom. The first kappa shape index (κ1) is 6.01. The van der Waals surface area contributed by atoms with Crippen LogP contribution in [0.4, 0.5) is 4.39 Å². The highest BCUT2D eigenvalue weighted by Crippen LogP contribution is 2.06. The second-order valence-electron chi connectivity index (χ2n) is 1.62. The molecule has 0 saturated carbocycles. The van der Waals surface area contributed by atoms with Gasteiger partial charge in [-0.05, 0) is 6.08 Å². The van der Waals surface area contributed by atoms with Gasteiger partial charge >= 0.3 is 0 Å². The molecular weight excluding hydrogens is 119 g/mol. The van der Waals surface area contributed by atoms with Crippen LogP contribution in [0.1, 0.15) is 6.30 Å². The van der Waals surface area contributed by atoms with E-state index < -0.39 is 6.30 Å². The average molecular weight is 126 g/mol. The molecule has 1 rings (SSSR count). The number of nitrogens with zero attached hydrogens (tertiary/aromatic N) is 2. The first-order valence-corrected chi connectivity index (χ1v) is 2.58. The minimum absolute atomic E-state index is 1.15. The summed E-state index contributed by atoms with van der Waals surface area (Å²) in [6.45, 7) is 3.29. The van der Waals surface area contributed by atoms with Gasteiger partial charge in [0.2, 0.25) is 0 Å². The van der Waals surface area contributed by atoms with Crippen molar-refractivity contribution >= 4 is 0 Å². The Morgan fingerprint density at radius 3 is 3.00 bits per heavy atom. The topological polar surface area (TPSA) is 17.8 Å². The first-order chi connectivity index (χ1) is 4.34. The maximum absolute atomic E-state index is 12.5. The third-order valence-corrected chi connectivity index (χ3v) is 1.00. The van der Waals surface area contributed by atoms with Gasteiger partial charge in [-0.1, -0.05) is 6.58 Å². The van der Waals surface area contributed by atoms with E-state index in [1.54, 1.807) is 6.20 Å². The third-order valence-electron chi connectivity index (χ3n) is 1.00. The molecule has 1 unspecified atom stereocenters. The summed E-state index contributed by atoms with van der Waals surface area (Å²) in [5.74, 6) is 0. The van der Waals surface area contributed by atoms with E-state index in [0.29, 0.717) is 0 Å². The minimum Gasteiger partial charge on any atom is -0.303 e. The summed E-state index contributed by atoms with van der Waals surface area (Å²) in [5.41, 5.74) is 0. The van der Waals surface area contributed by atoms with Crippen molar-refractivity contribution in [3.8, 4) is 0 Å². The van der Waals surface area contributed by atoms with Gasteiger partial charge in [-0.2, -0.15) is 0 Å². The van der Waals surface area contributed by atoms with E-state index in [4.69, 9.17) is 0 Å². The monoisotopic (exact) mass is 126 g/mol. The number of alkyl halides is 1. The smallest absolute Gasteiger partial charge is 0.195 e. The number of aromatic nitrogens is 2. The fourth-order valence-electron chi connectivity index (χ4n) is 0.537. The van der Waals surface area contributed by atoms with Gasteiger partial charge < -0.3 is 4.57 Å². The summed E-state index contributed by atoms with van der Waals surface area (Å²) in [4.78, 5) is 3.67. The van der Waals surface area contributed by atoms with Gasteiger partial charge in [0.15, 0.2) is 6.30 Å². The van der Waals surface area contributed by atoms with Crippen LogP contribution in [0.25, 0.3) is 0 Å². The fraction of sp³-hybridized carbons (Fsp3) is 0.167. The van der Waals surface area contributed by atoms with Crippen LogP contribution < -0.4 is 0 Å². The Labute approximate surface area is 52.6 Å². The van der Waals surface area contributed by atoms with Crippen molar-refractivity contribution in [2.24, 2.45) is 0 Å². The molecule has 2 nitrogen and oxygen atoms in total. The van der Waals surface area contributed by atoms with E-state index >= 15 is 0 Å². The molecule has 3 heteroatoms. The van der Waals surface area contributed by atoms with Crippen molar-refractivity contribution in [3.63, 3.8) is 0 Å². The van der Waals surface area contributed by atoms with Crippen LogP contribution in [0.2, 0.25) is 0 Å². The summed E-state index contributed by atoms with van der Waals surface area (Å²) in [5, 5.41) is 0. The van der Waals surface area contributed by atoms with Crippen LogP contribution in [0, 0.1) is 0 Å². The molecule has 1 heterocycles. The molecule has 0 aliphatic heterocycles. The average Bonchev–Trinajstić information content (AvgIpc) is 2.37. The Kier molecular flexibility index (Phi) is 1.63. The molecule has 0 fully saturated rings. The summed E-state index contributed by atoms with van der Waals surface area (Å²) in [6.07, 6.45) is 4.55. The maximum atomic E-state index is 12.5. The van der Waals surface area contributed by atoms with E-state index in [1.165, 1.54) is 23.2 Å². The van der Waals surface area contributed by atoms with Crippen LogP contribution in [0.15, 0.2) is 31.4 Å². The number of hydrogen-bond acceptors (Lipinski definition) is 1. The summed E-state index contributed by atoms with van der Waals surface area (Å²) >= 11 is 0. The zero-order valence-corrected chi connectivity index (χ0v) is 4.87. The van der Waals surface area contributed by atoms with Gasteiger partial charge in [0.05, 0.1) is 6.33 Å². The molecule has 0 amide bonds. The molecule has 0 N–H and O–H groups in total. The van der Waals surface area contributed by atoms with Crippen LogP contribution in [-0.4, -0.2) is 9.55 Å². The lowest BCUT2D eigenvalue weighted by Gasteiger charge is -2.00. The molecule has 48 valence electrons. The van der Waals surface area contributed by atoms with E-state index in [2.05, 4.69) is 11.6 Å². The third kappa shape index (κ3) is 1.16. The lowest BCUT2D eigenvalue weighted by molar-refractivity contribution is 0.307. The Bertz CT molecular complexity index is 181. The van der Waals surface area contributed by atoms with Gasteiger partial charge in [-0.25, -0.2) is 9.37 Å². The van der Waals surface area contributed by atoms with Crippen LogP contribution in [0.3, 0.4) is 0 Å². The number of hydrogen-bond donors (Lipinski definition) is 0. The molecule has 0 radical (unpaired) electrons. The van der Waals surface area contributed by atoms with E-state index in [-0.39, 0.29) is 0 Å². The molecule has 0 spiro atoms. The Balaban J connectivity index is 2.76. The van der Waals surface area contributed by atoms with Crippen LogP contribution >= 0.6 is 0 Å². The van der Waals surface area contributed by atoms with Gasteiger partial charge in [0.1, 0.15) is 0 Å². The lowest BCUT2D eigenvalue weighted by Crippen LogP contribution is -1.95. The Morgan fingerprint density at radius 1 is 1.78 bits per heavy atom. The van der Waals surface area contributed by atoms with Crippen LogP contribution in [-0.2, 0) is 0 Å². The SMILES string of the molecule is C=CC(F)n1ccnc1. The number of rotatable bonds is 2. The molecule has 0 aliphatic carbocycles. The summed E-state index contributed by atoms with van der Waals surface area (Å²) < 4.78 is 13.8. The second kappa shape index (κ2) is 2.44. The number of halogens is 1. The summed E-state index contributed by atoms with van der Waals surface area (Å²) in [7, 11) is 0. The highest BCUT2D eigenvalue weighted by atomic mass is 19.1. The molecule has 1 atom stereocenters. The molecule has 1 aromatic rings. The summed E-state index contributed by atoms with van der Waals surface area (Å²) in [6, 6.07) is 0. The van der Waals surface area contributed by atoms with Gasteiger partial charge in [-0.15, -0.1) is 0 Å². The van der Waals surface area contributed by atoms with Gasteiger partial charge in [-0.3, -0.25) is 0 Å². The second-order valence-corrected chi connectivity index (χ2v) is 1.62. The van der Waals surface area contributed by atoms with Crippen molar-refractivity contribution in [3.05, 3.63) is 31.4 Å². The lowest BCUT2D eigenvalue weighted by atomic mass is 10.6. The van der Waals surface area contributed by atoms with Crippen LogP contribution in [0.5, 0.6) is 0 Å². The molecule has 0 saturated heterocycles. The van der Waals surface area contributed by atoms with Gasteiger partial charge in [0.25, 0.3) is 0 Å². The standard InChI is InChI=1S/C6H7FN2/c1-2-6(7)9-4-3-8-5-9/h2-6H,1H2. The normalized spacial score (nSPS) is 13.0. The molecule has 1 aromatic heterocycles. The predicted molar refractivity (Wildman–Crippen MR) is 32.6 cm³/mol. The highest BCUT2D eigenvalue weighted by molar-refractivity contribution is 4.83. The fourth-order valence-corrected chi connectivity index (χ4v) is 0.537. The first-order valence-electron chi connectivity index (χ1n) is 2.58. The molecular formula is C6H7FN2. The predicted octanol–water partition coefficient (Wildman–Crippen LogP) is 1.54. The zero-order valence-electron chi connectivity index (χ0n) is 4.87. The van der Waals surface area contributed by atoms with Crippen molar-refractivity contribution in [2.45, 2.75) is 6.30 Å². The van der Waals surface area contributed by atoms with Gasteiger partial charge in [0, 0.05) is 12.4 Å². The maximum Gasteiger partial charge on any atom is 0.195 e. The zero-order chi connectivity index (χ0) is 6.69. The van der Waals surface area contributed by atoms with E-state index in [0.717, 1.165) is 0 Å². The number of allylic oxidation sites excluding steroid dienone is 1. The van der Waals surface area contributed by atoms with Crippen molar-refractivity contribution in [1.29, 1.82) is 0 Å². The Hall–Kier alpha value is -1.12. The molecule has 0 aromatic carbocycles. The van der Waals surface area contributed by atoms with E-state index in [9.17, 15) is 4.39 Å².